The zero-order valence-electron chi connectivity index (χ0n) is 10.8. The van der Waals surface area contributed by atoms with Crippen molar-refractivity contribution in [2.45, 2.75) is 50.0 Å². The number of methoxy groups -OCH3 is 1. The maximum Gasteiger partial charge on any atom is 0.140 e. The van der Waals surface area contributed by atoms with Crippen LogP contribution in [0.4, 0.5) is 0 Å². The second-order valence-electron chi connectivity index (χ2n) is 5.72. The summed E-state index contributed by atoms with van der Waals surface area (Å²) in [6.07, 6.45) is 7.24. The molecule has 0 aromatic heterocycles. The Kier molecular flexibility index (Phi) is 3.03. The van der Waals surface area contributed by atoms with Crippen molar-refractivity contribution in [3.8, 4) is 5.75 Å². The van der Waals surface area contributed by atoms with E-state index in [0.29, 0.717) is 10.9 Å². The molecule has 2 fully saturated rings. The molecular formula is C15H20ClNO. The lowest BCUT2D eigenvalue weighted by Crippen LogP contribution is -2.19. The summed E-state index contributed by atoms with van der Waals surface area (Å²) in [5.74, 6) is 1.45. The first kappa shape index (κ1) is 12.3. The van der Waals surface area contributed by atoms with Crippen LogP contribution in [0.5, 0.6) is 5.75 Å². The first-order valence-electron chi connectivity index (χ1n) is 6.81. The van der Waals surface area contributed by atoms with Crippen molar-refractivity contribution in [3.05, 3.63) is 28.3 Å². The van der Waals surface area contributed by atoms with Crippen LogP contribution in [-0.2, 0) is 5.54 Å². The molecule has 0 atom stereocenters. The number of rotatable bonds is 3. The van der Waals surface area contributed by atoms with Crippen LogP contribution in [0.15, 0.2) is 12.1 Å². The molecular weight excluding hydrogens is 246 g/mol. The zero-order valence-corrected chi connectivity index (χ0v) is 11.6. The van der Waals surface area contributed by atoms with Crippen LogP contribution < -0.4 is 10.5 Å². The summed E-state index contributed by atoms with van der Waals surface area (Å²) in [5, 5.41) is 0.716. The van der Waals surface area contributed by atoms with Crippen molar-refractivity contribution in [2.24, 2.45) is 5.73 Å². The lowest BCUT2D eigenvalue weighted by Gasteiger charge is -2.19. The Hall–Kier alpha value is -0.730. The molecule has 0 unspecified atom stereocenters. The molecule has 2 aliphatic carbocycles. The molecule has 3 heteroatoms. The molecule has 0 aliphatic heterocycles. The van der Waals surface area contributed by atoms with Gasteiger partial charge in [0.25, 0.3) is 0 Å². The molecule has 2 saturated carbocycles. The molecule has 2 nitrogen and oxygen atoms in total. The third-order valence-electron chi connectivity index (χ3n) is 4.44. The van der Waals surface area contributed by atoms with Gasteiger partial charge in [0, 0.05) is 5.54 Å². The van der Waals surface area contributed by atoms with Gasteiger partial charge >= 0.3 is 0 Å². The monoisotopic (exact) mass is 265 g/mol. The van der Waals surface area contributed by atoms with Gasteiger partial charge in [-0.2, -0.15) is 0 Å². The number of benzene rings is 1. The van der Waals surface area contributed by atoms with Gasteiger partial charge in [-0.3, -0.25) is 0 Å². The van der Waals surface area contributed by atoms with Crippen molar-refractivity contribution in [3.63, 3.8) is 0 Å². The predicted octanol–water partition coefficient (Wildman–Crippen LogP) is 3.95. The molecule has 98 valence electrons. The number of hydrogen-bond donors (Lipinski definition) is 1. The maximum atomic E-state index is 6.37. The van der Waals surface area contributed by atoms with E-state index in [9.17, 15) is 0 Å². The lowest BCUT2D eigenvalue weighted by molar-refractivity contribution is 0.405. The quantitative estimate of drug-likeness (QED) is 0.898. The summed E-state index contributed by atoms with van der Waals surface area (Å²) in [5.41, 5.74) is 8.64. The second kappa shape index (κ2) is 4.43. The average molecular weight is 266 g/mol. The topological polar surface area (TPSA) is 35.2 Å². The van der Waals surface area contributed by atoms with Crippen LogP contribution in [0.25, 0.3) is 0 Å². The molecule has 1 aromatic rings. The number of nitrogens with two attached hydrogens (primary N) is 1. The molecule has 0 heterocycles. The van der Waals surface area contributed by atoms with Crippen LogP contribution in [0.2, 0.25) is 5.02 Å². The van der Waals surface area contributed by atoms with Gasteiger partial charge in [-0.1, -0.05) is 24.4 Å². The van der Waals surface area contributed by atoms with Gasteiger partial charge in [-0.05, 0) is 54.9 Å². The highest BCUT2D eigenvalue weighted by atomic mass is 35.5. The highest BCUT2D eigenvalue weighted by Crippen LogP contribution is 2.48. The van der Waals surface area contributed by atoms with E-state index >= 15 is 0 Å². The van der Waals surface area contributed by atoms with Gasteiger partial charge in [0.05, 0.1) is 12.1 Å². The van der Waals surface area contributed by atoms with Gasteiger partial charge in [0.1, 0.15) is 5.75 Å². The fourth-order valence-electron chi connectivity index (χ4n) is 3.08. The molecule has 2 aliphatic rings. The van der Waals surface area contributed by atoms with Crippen molar-refractivity contribution in [1.82, 2.24) is 0 Å². The highest BCUT2D eigenvalue weighted by Gasteiger charge is 2.41. The van der Waals surface area contributed by atoms with Gasteiger partial charge in [0.15, 0.2) is 0 Å². The second-order valence-corrected chi connectivity index (χ2v) is 6.13. The molecule has 3 rings (SSSR count). The lowest BCUT2D eigenvalue weighted by atomic mass is 9.92. The van der Waals surface area contributed by atoms with Crippen molar-refractivity contribution in [2.75, 3.05) is 7.11 Å². The molecule has 0 amide bonds. The molecule has 0 bridgehead atoms. The Morgan fingerprint density at radius 2 is 1.94 bits per heavy atom. The molecule has 0 spiro atoms. The van der Waals surface area contributed by atoms with E-state index in [4.69, 9.17) is 22.1 Å². The van der Waals surface area contributed by atoms with E-state index in [1.807, 2.05) is 6.07 Å². The summed E-state index contributed by atoms with van der Waals surface area (Å²) >= 11 is 6.37. The highest BCUT2D eigenvalue weighted by molar-refractivity contribution is 6.32. The van der Waals surface area contributed by atoms with Crippen molar-refractivity contribution >= 4 is 11.6 Å². The maximum absolute atomic E-state index is 6.37. The van der Waals surface area contributed by atoms with E-state index in [-0.39, 0.29) is 5.54 Å². The van der Waals surface area contributed by atoms with E-state index in [2.05, 4.69) is 6.07 Å². The van der Waals surface area contributed by atoms with E-state index in [0.717, 1.165) is 18.6 Å². The molecule has 2 N–H and O–H groups in total. The molecule has 0 saturated heterocycles. The molecule has 18 heavy (non-hydrogen) atoms. The van der Waals surface area contributed by atoms with E-state index in [1.165, 1.54) is 36.8 Å². The first-order chi connectivity index (χ1) is 8.64. The van der Waals surface area contributed by atoms with E-state index in [1.54, 1.807) is 7.11 Å². The summed E-state index contributed by atoms with van der Waals surface area (Å²) in [6, 6.07) is 4.24. The standard InChI is InChI=1S/C15H20ClNO/c1-18-14-12(10-4-2-3-5-10)8-11(9-13(14)16)15(17)6-7-15/h8-10H,2-7,17H2,1H3. The Morgan fingerprint density at radius 3 is 2.50 bits per heavy atom. The third kappa shape index (κ3) is 2.02. The SMILES string of the molecule is COc1c(Cl)cc(C2(N)CC2)cc1C1CCCC1. The Bertz CT molecular complexity index is 462. The Labute approximate surface area is 113 Å². The number of ether oxygens (including phenoxy) is 1. The van der Waals surface area contributed by atoms with Gasteiger partial charge in [0.2, 0.25) is 0 Å². The zero-order chi connectivity index (χ0) is 12.8. The Balaban J connectivity index is 2.05. The number of hydrogen-bond acceptors (Lipinski definition) is 2. The minimum absolute atomic E-state index is 0.122. The largest absolute Gasteiger partial charge is 0.495 e. The van der Waals surface area contributed by atoms with E-state index < -0.39 is 0 Å². The minimum Gasteiger partial charge on any atom is -0.495 e. The van der Waals surface area contributed by atoms with Crippen LogP contribution in [0.3, 0.4) is 0 Å². The van der Waals surface area contributed by atoms with Crippen LogP contribution in [-0.4, -0.2) is 7.11 Å². The first-order valence-corrected chi connectivity index (χ1v) is 7.18. The van der Waals surface area contributed by atoms with Crippen LogP contribution in [0, 0.1) is 0 Å². The van der Waals surface area contributed by atoms with Crippen LogP contribution in [0.1, 0.15) is 55.6 Å². The smallest absolute Gasteiger partial charge is 0.140 e. The fourth-order valence-corrected chi connectivity index (χ4v) is 3.38. The predicted molar refractivity (Wildman–Crippen MR) is 74.3 cm³/mol. The molecule has 1 aromatic carbocycles. The summed E-state index contributed by atoms with van der Waals surface area (Å²) in [6.45, 7) is 0. The van der Waals surface area contributed by atoms with Crippen molar-refractivity contribution in [1.29, 1.82) is 0 Å². The summed E-state index contributed by atoms with van der Waals surface area (Å²) in [4.78, 5) is 0. The fraction of sp³-hybridized carbons (Fsp3) is 0.600. The average Bonchev–Trinajstić information content (AvgIpc) is 2.92. The molecule has 0 radical (unpaired) electrons. The summed E-state index contributed by atoms with van der Waals surface area (Å²) < 4.78 is 5.50. The van der Waals surface area contributed by atoms with Gasteiger partial charge < -0.3 is 10.5 Å². The minimum atomic E-state index is -0.122. The normalized spacial score (nSPS) is 22.2. The third-order valence-corrected chi connectivity index (χ3v) is 4.72. The summed E-state index contributed by atoms with van der Waals surface area (Å²) in [7, 11) is 1.70. The van der Waals surface area contributed by atoms with Crippen molar-refractivity contribution < 1.29 is 4.74 Å². The van der Waals surface area contributed by atoms with Gasteiger partial charge in [-0.25, -0.2) is 0 Å². The van der Waals surface area contributed by atoms with Gasteiger partial charge in [-0.15, -0.1) is 0 Å². The number of halogens is 1. The van der Waals surface area contributed by atoms with Crippen LogP contribution >= 0.6 is 11.6 Å². The Morgan fingerprint density at radius 1 is 1.28 bits per heavy atom.